The van der Waals surface area contributed by atoms with Gasteiger partial charge in [0.1, 0.15) is 0 Å². The molecule has 0 spiro atoms. The van der Waals surface area contributed by atoms with Gasteiger partial charge in [-0.15, -0.1) is 0 Å². The van der Waals surface area contributed by atoms with E-state index in [-0.39, 0.29) is 5.56 Å². The first-order valence-electron chi connectivity index (χ1n) is 8.52. The predicted molar refractivity (Wildman–Crippen MR) is 99.5 cm³/mol. The van der Waals surface area contributed by atoms with Crippen LogP contribution in [0.1, 0.15) is 10.4 Å². The summed E-state index contributed by atoms with van der Waals surface area (Å²) < 4.78 is 5.38. The van der Waals surface area contributed by atoms with Gasteiger partial charge in [-0.05, 0) is 35.9 Å². The molecule has 1 aliphatic rings. The third kappa shape index (κ3) is 3.19. The van der Waals surface area contributed by atoms with E-state index in [9.17, 15) is 9.90 Å². The molecule has 0 bridgehead atoms. The number of carboxylic acids is 1. The molecule has 26 heavy (non-hydrogen) atoms. The number of carboxylic acid groups (broad SMARTS) is 1. The minimum atomic E-state index is -0.950. The zero-order valence-corrected chi connectivity index (χ0v) is 14.2. The molecule has 1 fully saturated rings. The second-order valence-corrected chi connectivity index (χ2v) is 6.16. The average Bonchev–Trinajstić information content (AvgIpc) is 3.15. The minimum absolute atomic E-state index is 0.260. The molecular weight excluding hydrogens is 330 g/mol. The van der Waals surface area contributed by atoms with E-state index < -0.39 is 5.97 Å². The number of aromatic carboxylic acids is 1. The van der Waals surface area contributed by atoms with Crippen molar-refractivity contribution >= 4 is 11.7 Å². The van der Waals surface area contributed by atoms with Crippen molar-refractivity contribution in [2.24, 2.45) is 0 Å². The number of carbonyl (C=O) groups is 1. The fourth-order valence-corrected chi connectivity index (χ4v) is 3.20. The molecule has 1 saturated heterocycles. The lowest BCUT2D eigenvalue weighted by Gasteiger charge is -2.28. The van der Waals surface area contributed by atoms with Gasteiger partial charge in [-0.1, -0.05) is 12.1 Å². The highest BCUT2D eigenvalue weighted by molar-refractivity contribution is 5.97. The van der Waals surface area contributed by atoms with Gasteiger partial charge in [0.2, 0.25) is 0 Å². The minimum Gasteiger partial charge on any atom is -0.478 e. The summed E-state index contributed by atoms with van der Waals surface area (Å²) in [6.07, 6.45) is 3.38. The number of H-pyrrole nitrogens is 1. The molecule has 3 aromatic rings. The summed E-state index contributed by atoms with van der Waals surface area (Å²) in [5.41, 5.74) is 4.50. The molecule has 2 N–H and O–H groups in total. The molecule has 0 atom stereocenters. The quantitative estimate of drug-likeness (QED) is 0.756. The molecule has 0 amide bonds. The fourth-order valence-electron chi connectivity index (χ4n) is 3.20. The number of ether oxygens (including phenoxy) is 1. The van der Waals surface area contributed by atoms with E-state index in [0.717, 1.165) is 48.8 Å². The molecule has 0 radical (unpaired) electrons. The molecule has 6 heteroatoms. The molecule has 132 valence electrons. The number of rotatable bonds is 4. The molecule has 1 aliphatic heterocycles. The van der Waals surface area contributed by atoms with Crippen LogP contribution < -0.4 is 4.90 Å². The summed E-state index contributed by atoms with van der Waals surface area (Å²) in [6, 6.07) is 13.3. The molecule has 1 aromatic carbocycles. The lowest BCUT2D eigenvalue weighted by molar-refractivity contribution is 0.0698. The number of benzene rings is 1. The lowest BCUT2D eigenvalue weighted by Crippen LogP contribution is -2.36. The molecule has 3 heterocycles. The number of anilines is 1. The van der Waals surface area contributed by atoms with Crippen LogP contribution in [0.25, 0.3) is 22.5 Å². The zero-order chi connectivity index (χ0) is 17.9. The van der Waals surface area contributed by atoms with Crippen LogP contribution in [-0.4, -0.2) is 47.3 Å². The zero-order valence-electron chi connectivity index (χ0n) is 14.2. The van der Waals surface area contributed by atoms with Crippen molar-refractivity contribution < 1.29 is 14.6 Å². The van der Waals surface area contributed by atoms with Crippen LogP contribution in [-0.2, 0) is 4.74 Å². The summed E-state index contributed by atoms with van der Waals surface area (Å²) in [7, 11) is 0. The molecule has 0 unspecified atom stereocenters. The van der Waals surface area contributed by atoms with Gasteiger partial charge in [0, 0.05) is 42.4 Å². The summed E-state index contributed by atoms with van der Waals surface area (Å²) in [5, 5.41) is 9.59. The number of aromatic nitrogens is 2. The summed E-state index contributed by atoms with van der Waals surface area (Å²) >= 11 is 0. The van der Waals surface area contributed by atoms with Crippen molar-refractivity contribution in [1.29, 1.82) is 0 Å². The maximum absolute atomic E-state index is 11.7. The third-order valence-electron chi connectivity index (χ3n) is 4.57. The van der Waals surface area contributed by atoms with Gasteiger partial charge < -0.3 is 19.7 Å². The molecule has 0 saturated carbocycles. The average molecular weight is 349 g/mol. The van der Waals surface area contributed by atoms with Crippen molar-refractivity contribution in [3.05, 3.63) is 60.4 Å². The number of nitrogens with one attached hydrogen (secondary N) is 1. The van der Waals surface area contributed by atoms with Gasteiger partial charge >= 0.3 is 5.97 Å². The van der Waals surface area contributed by atoms with Gasteiger partial charge in [0.15, 0.2) is 0 Å². The van der Waals surface area contributed by atoms with Crippen molar-refractivity contribution in [3.8, 4) is 22.5 Å². The van der Waals surface area contributed by atoms with Gasteiger partial charge in [0.25, 0.3) is 0 Å². The number of aromatic amines is 1. The first kappa shape index (κ1) is 16.4. The fraction of sp³-hybridized carbons (Fsp3) is 0.200. The van der Waals surface area contributed by atoms with Gasteiger partial charge in [0.05, 0.1) is 24.5 Å². The normalized spacial score (nSPS) is 14.4. The number of hydrogen-bond acceptors (Lipinski definition) is 4. The van der Waals surface area contributed by atoms with Crippen LogP contribution >= 0.6 is 0 Å². The monoisotopic (exact) mass is 349 g/mol. The summed E-state index contributed by atoms with van der Waals surface area (Å²) in [6.45, 7) is 3.20. The van der Waals surface area contributed by atoms with Crippen molar-refractivity contribution in [2.45, 2.75) is 0 Å². The number of hydrogen-bond donors (Lipinski definition) is 2. The highest BCUT2D eigenvalue weighted by atomic mass is 16.5. The Morgan fingerprint density at radius 1 is 1.04 bits per heavy atom. The summed E-state index contributed by atoms with van der Waals surface area (Å²) in [4.78, 5) is 21.2. The second-order valence-electron chi connectivity index (χ2n) is 6.16. The molecule has 4 rings (SSSR count). The van der Waals surface area contributed by atoms with Crippen LogP contribution in [0.4, 0.5) is 5.69 Å². The highest BCUT2D eigenvalue weighted by Crippen LogP contribution is 2.30. The smallest absolute Gasteiger partial charge is 0.337 e. The second kappa shape index (κ2) is 7.01. The molecule has 0 aliphatic carbocycles. The Morgan fingerprint density at radius 3 is 2.38 bits per heavy atom. The van der Waals surface area contributed by atoms with Crippen LogP contribution in [0.5, 0.6) is 0 Å². The van der Waals surface area contributed by atoms with Crippen molar-refractivity contribution in [3.63, 3.8) is 0 Å². The first-order chi connectivity index (χ1) is 12.7. The standard InChI is InChI=1S/C20H19N3O3/c24-20(25)17-13-18(14-5-7-21-8-6-14)22-19(17)15-1-3-16(4-2-15)23-9-11-26-12-10-23/h1-8,13,22H,9-12H2,(H,24,25). The molecule has 6 nitrogen and oxygen atoms in total. The van der Waals surface area contributed by atoms with Crippen LogP contribution in [0.2, 0.25) is 0 Å². The van der Waals surface area contributed by atoms with E-state index >= 15 is 0 Å². The van der Waals surface area contributed by atoms with Gasteiger partial charge in [-0.3, -0.25) is 4.98 Å². The van der Waals surface area contributed by atoms with Crippen LogP contribution in [0.3, 0.4) is 0 Å². The SMILES string of the molecule is O=C(O)c1cc(-c2ccncc2)[nH]c1-c1ccc(N2CCOCC2)cc1. The summed E-state index contributed by atoms with van der Waals surface area (Å²) in [5.74, 6) is -0.950. The van der Waals surface area contributed by atoms with Crippen molar-refractivity contribution in [2.75, 3.05) is 31.2 Å². The molecule has 2 aromatic heterocycles. The van der Waals surface area contributed by atoms with Gasteiger partial charge in [-0.25, -0.2) is 4.79 Å². The third-order valence-corrected chi connectivity index (χ3v) is 4.57. The van der Waals surface area contributed by atoms with E-state index in [1.807, 2.05) is 36.4 Å². The Bertz CT molecular complexity index is 898. The van der Waals surface area contributed by atoms with Crippen molar-refractivity contribution in [1.82, 2.24) is 9.97 Å². The Labute approximate surface area is 151 Å². The number of pyridine rings is 1. The van der Waals surface area contributed by atoms with E-state index in [1.165, 1.54) is 0 Å². The van der Waals surface area contributed by atoms with E-state index in [2.05, 4.69) is 14.9 Å². The Morgan fingerprint density at radius 2 is 1.73 bits per heavy atom. The van der Waals surface area contributed by atoms with Crippen LogP contribution in [0.15, 0.2) is 54.9 Å². The lowest BCUT2D eigenvalue weighted by atomic mass is 10.1. The largest absolute Gasteiger partial charge is 0.478 e. The Hall–Kier alpha value is -3.12. The maximum atomic E-state index is 11.7. The molecular formula is C20H19N3O3. The van der Waals surface area contributed by atoms with E-state index in [0.29, 0.717) is 5.69 Å². The Balaban J connectivity index is 1.68. The van der Waals surface area contributed by atoms with Gasteiger partial charge in [-0.2, -0.15) is 0 Å². The Kier molecular flexibility index (Phi) is 4.41. The highest BCUT2D eigenvalue weighted by Gasteiger charge is 2.17. The topological polar surface area (TPSA) is 78.4 Å². The maximum Gasteiger partial charge on any atom is 0.337 e. The number of nitrogens with zero attached hydrogens (tertiary/aromatic N) is 2. The van der Waals surface area contributed by atoms with E-state index in [4.69, 9.17) is 4.74 Å². The number of morpholine rings is 1. The van der Waals surface area contributed by atoms with Crippen LogP contribution in [0, 0.1) is 0 Å². The first-order valence-corrected chi connectivity index (χ1v) is 8.52. The van der Waals surface area contributed by atoms with E-state index in [1.54, 1.807) is 18.5 Å². The predicted octanol–water partition coefficient (Wildman–Crippen LogP) is 3.28.